The highest BCUT2D eigenvalue weighted by Gasteiger charge is 2.10. The zero-order valence-corrected chi connectivity index (χ0v) is 15.9. The molecular weight excluding hydrogens is 369 g/mol. The van der Waals surface area contributed by atoms with Gasteiger partial charge in [-0.05, 0) is 29.7 Å². The van der Waals surface area contributed by atoms with Gasteiger partial charge in [0.1, 0.15) is 5.82 Å². The number of hydrogen-bond donors (Lipinski definition) is 1. The second-order valence-corrected chi connectivity index (χ2v) is 7.82. The second-order valence-electron chi connectivity index (χ2n) is 5.62. The molecule has 1 heterocycles. The number of carbonyl (C=O) groups excluding carboxylic acids is 1. The predicted molar refractivity (Wildman–Crippen MR) is 105 cm³/mol. The molecule has 0 radical (unpaired) electrons. The topological polar surface area (TPSA) is 54.9 Å². The van der Waals surface area contributed by atoms with E-state index in [1.165, 1.54) is 40.8 Å². The van der Waals surface area contributed by atoms with Crippen molar-refractivity contribution in [3.63, 3.8) is 0 Å². The van der Waals surface area contributed by atoms with Gasteiger partial charge in [-0.1, -0.05) is 66.4 Å². The number of thioether (sulfide) groups is 1. The first-order chi connectivity index (χ1) is 12.6. The lowest BCUT2D eigenvalue weighted by Crippen LogP contribution is -2.02. The molecular formula is C19H18FN3OS2. The van der Waals surface area contributed by atoms with Crippen LogP contribution in [0.5, 0.6) is 0 Å². The van der Waals surface area contributed by atoms with Crippen LogP contribution in [0.15, 0.2) is 52.9 Å². The lowest BCUT2D eigenvalue weighted by molar-refractivity contribution is 0.102. The van der Waals surface area contributed by atoms with Gasteiger partial charge in [-0.15, -0.1) is 10.2 Å². The number of aromatic nitrogens is 2. The van der Waals surface area contributed by atoms with Crippen molar-refractivity contribution in [3.8, 4) is 0 Å². The molecule has 3 aromatic rings. The molecule has 0 aliphatic carbocycles. The first-order valence-electron chi connectivity index (χ1n) is 8.21. The van der Waals surface area contributed by atoms with Crippen LogP contribution in [-0.4, -0.2) is 21.7 Å². The molecule has 7 heteroatoms. The van der Waals surface area contributed by atoms with Crippen molar-refractivity contribution >= 4 is 34.0 Å². The maximum absolute atomic E-state index is 12.9. The van der Waals surface area contributed by atoms with Gasteiger partial charge in [0.25, 0.3) is 0 Å². The summed E-state index contributed by atoms with van der Waals surface area (Å²) in [6, 6.07) is 14.0. The van der Waals surface area contributed by atoms with Crippen LogP contribution in [-0.2, 0) is 13.0 Å². The van der Waals surface area contributed by atoms with Gasteiger partial charge in [0.2, 0.25) is 5.13 Å². The van der Waals surface area contributed by atoms with E-state index in [-0.39, 0.29) is 11.6 Å². The second kappa shape index (κ2) is 8.91. The molecule has 134 valence electrons. The molecule has 0 fully saturated rings. The Morgan fingerprint density at radius 1 is 1.08 bits per heavy atom. The molecule has 26 heavy (non-hydrogen) atoms. The molecule has 4 nitrogen and oxygen atoms in total. The molecule has 0 saturated carbocycles. The summed E-state index contributed by atoms with van der Waals surface area (Å²) in [6.45, 7) is 2.63. The standard InChI is InChI=1S/C19H18FN3OS2/c1-2-13-3-7-15(8-4-13)17(24)12-25-19-23-22-18(26-19)21-11-14-5-9-16(20)10-6-14/h3-10H,2,11-12H2,1H3,(H,21,22). The highest BCUT2D eigenvalue weighted by molar-refractivity contribution is 8.01. The highest BCUT2D eigenvalue weighted by atomic mass is 32.2. The van der Waals surface area contributed by atoms with E-state index in [0.29, 0.717) is 23.0 Å². The summed E-state index contributed by atoms with van der Waals surface area (Å²) < 4.78 is 13.6. The molecule has 0 unspecified atom stereocenters. The molecule has 2 aromatic carbocycles. The number of ketones is 1. The van der Waals surface area contributed by atoms with Crippen LogP contribution in [0.3, 0.4) is 0 Å². The van der Waals surface area contributed by atoms with E-state index in [9.17, 15) is 9.18 Å². The predicted octanol–water partition coefficient (Wildman–Crippen LogP) is 4.83. The average Bonchev–Trinajstić information content (AvgIpc) is 3.13. The fourth-order valence-corrected chi connectivity index (χ4v) is 3.90. The van der Waals surface area contributed by atoms with Crippen LogP contribution in [0.25, 0.3) is 0 Å². The number of anilines is 1. The monoisotopic (exact) mass is 387 g/mol. The minimum Gasteiger partial charge on any atom is -0.356 e. The van der Waals surface area contributed by atoms with Gasteiger partial charge in [-0.2, -0.15) is 0 Å². The van der Waals surface area contributed by atoms with Crippen molar-refractivity contribution in [1.82, 2.24) is 10.2 Å². The molecule has 1 N–H and O–H groups in total. The number of hydrogen-bond acceptors (Lipinski definition) is 6. The van der Waals surface area contributed by atoms with Crippen LogP contribution in [0, 0.1) is 5.82 Å². The van der Waals surface area contributed by atoms with Gasteiger partial charge in [0.05, 0.1) is 5.75 Å². The Morgan fingerprint density at radius 2 is 1.77 bits per heavy atom. The third-order valence-corrected chi connectivity index (χ3v) is 5.79. The van der Waals surface area contributed by atoms with Crippen molar-refractivity contribution in [2.45, 2.75) is 24.2 Å². The normalized spacial score (nSPS) is 10.7. The van der Waals surface area contributed by atoms with Crippen LogP contribution in [0.4, 0.5) is 9.52 Å². The largest absolute Gasteiger partial charge is 0.356 e. The number of nitrogens with one attached hydrogen (secondary N) is 1. The third kappa shape index (κ3) is 5.12. The van der Waals surface area contributed by atoms with Crippen molar-refractivity contribution in [3.05, 3.63) is 71.0 Å². The molecule has 0 aliphatic heterocycles. The Balaban J connectivity index is 1.49. The number of halogens is 1. The number of rotatable bonds is 8. The Bertz CT molecular complexity index is 863. The Morgan fingerprint density at radius 3 is 2.46 bits per heavy atom. The number of benzene rings is 2. The summed E-state index contributed by atoms with van der Waals surface area (Å²) in [7, 11) is 0. The first kappa shape index (κ1) is 18.5. The van der Waals surface area contributed by atoms with Crippen molar-refractivity contribution in [2.75, 3.05) is 11.1 Å². The quantitative estimate of drug-likeness (QED) is 0.443. The van der Waals surface area contributed by atoms with Crippen LogP contribution < -0.4 is 5.32 Å². The fraction of sp³-hybridized carbons (Fsp3) is 0.211. The van der Waals surface area contributed by atoms with Crippen molar-refractivity contribution in [1.29, 1.82) is 0 Å². The van der Waals surface area contributed by atoms with E-state index < -0.39 is 0 Å². The van der Waals surface area contributed by atoms with Gasteiger partial charge in [0, 0.05) is 12.1 Å². The maximum Gasteiger partial charge on any atom is 0.206 e. The zero-order chi connectivity index (χ0) is 18.4. The minimum atomic E-state index is -0.252. The smallest absolute Gasteiger partial charge is 0.206 e. The molecule has 0 amide bonds. The van der Waals surface area contributed by atoms with Gasteiger partial charge in [0.15, 0.2) is 10.1 Å². The summed E-state index contributed by atoms with van der Waals surface area (Å²) in [5.74, 6) is 0.156. The zero-order valence-electron chi connectivity index (χ0n) is 14.2. The maximum atomic E-state index is 12.9. The van der Waals surface area contributed by atoms with Crippen LogP contribution >= 0.6 is 23.1 Å². The number of carbonyl (C=O) groups is 1. The van der Waals surface area contributed by atoms with Crippen LogP contribution in [0.1, 0.15) is 28.4 Å². The molecule has 0 bridgehead atoms. The summed E-state index contributed by atoms with van der Waals surface area (Å²) >= 11 is 2.79. The van der Waals surface area contributed by atoms with E-state index in [1.807, 2.05) is 24.3 Å². The molecule has 0 atom stereocenters. The number of nitrogens with zero attached hydrogens (tertiary/aromatic N) is 2. The molecule has 3 rings (SSSR count). The number of Topliss-reactive ketones (excluding diaryl/α,β-unsaturated/α-hetero) is 1. The van der Waals surface area contributed by atoms with E-state index >= 15 is 0 Å². The summed E-state index contributed by atoms with van der Waals surface area (Å²) in [5.41, 5.74) is 2.89. The first-order valence-corrected chi connectivity index (χ1v) is 10.0. The molecule has 1 aromatic heterocycles. The molecule has 0 spiro atoms. The molecule has 0 aliphatic rings. The van der Waals surface area contributed by atoms with E-state index in [0.717, 1.165) is 16.3 Å². The van der Waals surface area contributed by atoms with E-state index in [4.69, 9.17) is 0 Å². The van der Waals surface area contributed by atoms with Crippen LogP contribution in [0.2, 0.25) is 0 Å². The van der Waals surface area contributed by atoms with Gasteiger partial charge >= 0.3 is 0 Å². The number of aryl methyl sites for hydroxylation is 1. The third-order valence-electron chi connectivity index (χ3n) is 3.77. The SMILES string of the molecule is CCc1ccc(C(=O)CSc2nnc(NCc3ccc(F)cc3)s2)cc1. The fourth-order valence-electron chi connectivity index (χ4n) is 2.26. The lowest BCUT2D eigenvalue weighted by Gasteiger charge is -2.02. The Labute approximate surface area is 159 Å². The average molecular weight is 388 g/mol. The Kier molecular flexibility index (Phi) is 6.35. The van der Waals surface area contributed by atoms with E-state index in [2.05, 4.69) is 22.4 Å². The lowest BCUT2D eigenvalue weighted by atomic mass is 10.1. The van der Waals surface area contributed by atoms with Gasteiger partial charge < -0.3 is 5.32 Å². The van der Waals surface area contributed by atoms with E-state index in [1.54, 1.807) is 12.1 Å². The van der Waals surface area contributed by atoms with Gasteiger partial charge in [-0.3, -0.25) is 4.79 Å². The summed E-state index contributed by atoms with van der Waals surface area (Å²) in [5, 5.41) is 12.0. The summed E-state index contributed by atoms with van der Waals surface area (Å²) in [4.78, 5) is 12.3. The van der Waals surface area contributed by atoms with Crippen molar-refractivity contribution < 1.29 is 9.18 Å². The minimum absolute atomic E-state index is 0.0775. The Hall–Kier alpha value is -2.25. The molecule has 0 saturated heterocycles. The van der Waals surface area contributed by atoms with Crippen molar-refractivity contribution in [2.24, 2.45) is 0 Å². The van der Waals surface area contributed by atoms with Gasteiger partial charge in [-0.25, -0.2) is 4.39 Å². The summed E-state index contributed by atoms with van der Waals surface area (Å²) in [6.07, 6.45) is 0.960. The highest BCUT2D eigenvalue weighted by Crippen LogP contribution is 2.26.